The van der Waals surface area contributed by atoms with E-state index in [0.717, 1.165) is 5.56 Å². The van der Waals surface area contributed by atoms with Gasteiger partial charge < -0.3 is 20.7 Å². The largest absolute Gasteiger partial charge is 0.495 e. The van der Waals surface area contributed by atoms with E-state index < -0.39 is 12.3 Å². The maximum absolute atomic E-state index is 8.86. The van der Waals surface area contributed by atoms with Crippen LogP contribution in [0, 0.1) is 0 Å². The molecule has 4 nitrogen and oxygen atoms in total. The predicted octanol–water partition coefficient (Wildman–Crippen LogP) is 1.57. The number of hydrogen-bond acceptors (Lipinski definition) is 4. The molecule has 1 rings (SSSR count). The maximum atomic E-state index is 8.86. The van der Waals surface area contributed by atoms with Gasteiger partial charge in [-0.1, -0.05) is 23.2 Å². The van der Waals surface area contributed by atoms with Gasteiger partial charge in [-0.15, -0.1) is 0 Å². The van der Waals surface area contributed by atoms with Crippen molar-refractivity contribution in [3.05, 3.63) is 27.7 Å². The molecule has 0 aliphatic heterocycles. The highest BCUT2D eigenvalue weighted by Crippen LogP contribution is 2.33. The highest BCUT2D eigenvalue weighted by Gasteiger charge is 2.13. The Hall–Kier alpha value is -0.520. The zero-order valence-corrected chi connectivity index (χ0v) is 10.9. The normalized spacial score (nSPS) is 12.9. The predicted molar refractivity (Wildman–Crippen MR) is 67.5 cm³/mol. The van der Waals surface area contributed by atoms with Crippen LogP contribution in [0.15, 0.2) is 12.1 Å². The van der Waals surface area contributed by atoms with E-state index in [0.29, 0.717) is 28.6 Å². The molecule has 0 aliphatic carbocycles. The van der Waals surface area contributed by atoms with Crippen LogP contribution >= 0.6 is 23.2 Å². The maximum Gasteiger partial charge on any atom is 0.166 e. The monoisotopic (exact) mass is 279 g/mol. The molecule has 1 aromatic carbocycles. The topological polar surface area (TPSA) is 75.7 Å². The smallest absolute Gasteiger partial charge is 0.166 e. The fourth-order valence-corrected chi connectivity index (χ4v) is 1.81. The molecule has 0 spiro atoms. The minimum atomic E-state index is -1.51. The third-order valence-electron chi connectivity index (χ3n) is 2.42. The molecule has 0 heterocycles. The van der Waals surface area contributed by atoms with Gasteiger partial charge in [0, 0.05) is 0 Å². The zero-order valence-electron chi connectivity index (χ0n) is 9.36. The quantitative estimate of drug-likeness (QED) is 0.716. The van der Waals surface area contributed by atoms with Crippen molar-refractivity contribution >= 4 is 23.2 Å². The summed E-state index contributed by atoms with van der Waals surface area (Å²) in [6.45, 7) is 0. The molecule has 6 heteroatoms. The van der Waals surface area contributed by atoms with Crippen molar-refractivity contribution in [3.8, 4) is 5.75 Å². The lowest BCUT2D eigenvalue weighted by Crippen LogP contribution is -2.34. The number of halogens is 2. The number of nitrogens with two attached hydrogens (primary N) is 1. The van der Waals surface area contributed by atoms with Gasteiger partial charge >= 0.3 is 0 Å². The van der Waals surface area contributed by atoms with Crippen LogP contribution in [0.25, 0.3) is 0 Å². The lowest BCUT2D eigenvalue weighted by Gasteiger charge is -2.14. The van der Waals surface area contributed by atoms with Gasteiger partial charge in [0.2, 0.25) is 0 Å². The van der Waals surface area contributed by atoms with E-state index in [2.05, 4.69) is 0 Å². The van der Waals surface area contributed by atoms with Crippen LogP contribution in [0.1, 0.15) is 12.0 Å². The molecule has 4 N–H and O–H groups in total. The summed E-state index contributed by atoms with van der Waals surface area (Å²) in [6, 6.07) is 2.78. The van der Waals surface area contributed by atoms with E-state index in [9.17, 15) is 0 Å². The Kier molecular flexibility index (Phi) is 5.49. The van der Waals surface area contributed by atoms with E-state index in [-0.39, 0.29) is 0 Å². The summed E-state index contributed by atoms with van der Waals surface area (Å²) in [6.07, 6.45) is -0.523. The van der Waals surface area contributed by atoms with Crippen molar-refractivity contribution in [2.45, 2.75) is 25.2 Å². The van der Waals surface area contributed by atoms with Gasteiger partial charge in [-0.25, -0.2) is 0 Å². The summed E-state index contributed by atoms with van der Waals surface area (Å²) in [4.78, 5) is 0. The van der Waals surface area contributed by atoms with Crippen molar-refractivity contribution < 1.29 is 14.9 Å². The standard InChI is InChI=1S/C11H15Cl2NO3/c1-17-9-5-6(4-7(12)10(9)13)2-3-8(14)11(15)16/h4-5,8,11,15-16H,2-3,14H2,1H3/t8-/m0/s1. The molecule has 17 heavy (non-hydrogen) atoms. The van der Waals surface area contributed by atoms with Gasteiger partial charge in [-0.05, 0) is 30.5 Å². The number of ether oxygens (including phenoxy) is 1. The van der Waals surface area contributed by atoms with Gasteiger partial charge in [-0.3, -0.25) is 0 Å². The van der Waals surface area contributed by atoms with Gasteiger partial charge in [0.05, 0.1) is 18.2 Å². The fourth-order valence-electron chi connectivity index (χ4n) is 1.39. The number of aryl methyl sites for hydroxylation is 1. The van der Waals surface area contributed by atoms with Crippen LogP contribution < -0.4 is 10.5 Å². The van der Waals surface area contributed by atoms with Crippen LogP contribution in [0.4, 0.5) is 0 Å². The Morgan fingerprint density at radius 3 is 2.53 bits per heavy atom. The Morgan fingerprint density at radius 1 is 1.35 bits per heavy atom. The summed E-state index contributed by atoms with van der Waals surface area (Å²) >= 11 is 11.9. The van der Waals surface area contributed by atoms with Crippen LogP contribution in [-0.2, 0) is 6.42 Å². The summed E-state index contributed by atoms with van der Waals surface area (Å²) in [5.41, 5.74) is 6.39. The lowest BCUT2D eigenvalue weighted by atomic mass is 10.1. The third-order valence-corrected chi connectivity index (χ3v) is 3.21. The zero-order chi connectivity index (χ0) is 13.0. The van der Waals surface area contributed by atoms with E-state index in [1.807, 2.05) is 0 Å². The minimum Gasteiger partial charge on any atom is -0.495 e. The molecule has 96 valence electrons. The molecule has 1 aromatic rings. The highest BCUT2D eigenvalue weighted by atomic mass is 35.5. The molecule has 1 atom stereocenters. The molecule has 0 fully saturated rings. The van der Waals surface area contributed by atoms with Crippen molar-refractivity contribution in [2.24, 2.45) is 5.73 Å². The number of rotatable bonds is 5. The second-order valence-electron chi connectivity index (χ2n) is 3.71. The number of aliphatic hydroxyl groups is 2. The van der Waals surface area contributed by atoms with Gasteiger partial charge in [0.15, 0.2) is 6.29 Å². The van der Waals surface area contributed by atoms with Gasteiger partial charge in [0.1, 0.15) is 10.8 Å². The first kappa shape index (κ1) is 14.5. The Morgan fingerprint density at radius 2 is 2.00 bits per heavy atom. The summed E-state index contributed by atoms with van der Waals surface area (Å²) in [7, 11) is 1.50. The molecular weight excluding hydrogens is 265 g/mol. The summed E-state index contributed by atoms with van der Waals surface area (Å²) in [5, 5.41) is 18.5. The number of aliphatic hydroxyl groups excluding tert-OH is 1. The molecule has 0 radical (unpaired) electrons. The summed E-state index contributed by atoms with van der Waals surface area (Å²) < 4.78 is 5.07. The number of methoxy groups -OCH3 is 1. The fraction of sp³-hybridized carbons (Fsp3) is 0.455. The Bertz CT molecular complexity index is 385. The van der Waals surface area contributed by atoms with Gasteiger partial charge in [0.25, 0.3) is 0 Å². The molecule has 0 aromatic heterocycles. The van der Waals surface area contributed by atoms with Crippen molar-refractivity contribution in [2.75, 3.05) is 7.11 Å². The van der Waals surface area contributed by atoms with Crippen molar-refractivity contribution in [1.29, 1.82) is 0 Å². The Balaban J connectivity index is 2.75. The number of hydrogen-bond donors (Lipinski definition) is 3. The van der Waals surface area contributed by atoms with E-state index in [4.69, 9.17) is 43.9 Å². The molecule has 0 saturated heterocycles. The second-order valence-corrected chi connectivity index (χ2v) is 4.50. The number of benzene rings is 1. The molecule has 0 amide bonds. The van der Waals surface area contributed by atoms with Crippen LogP contribution in [0.2, 0.25) is 10.0 Å². The van der Waals surface area contributed by atoms with E-state index in [1.165, 1.54) is 7.11 Å². The molecule has 0 saturated carbocycles. The van der Waals surface area contributed by atoms with E-state index >= 15 is 0 Å². The van der Waals surface area contributed by atoms with Crippen LogP contribution in [0.5, 0.6) is 5.75 Å². The minimum absolute atomic E-state index is 0.365. The third kappa shape index (κ3) is 4.01. The SMILES string of the molecule is COc1cc(CC[C@H](N)C(O)O)cc(Cl)c1Cl. The van der Waals surface area contributed by atoms with E-state index in [1.54, 1.807) is 12.1 Å². The van der Waals surface area contributed by atoms with Crippen molar-refractivity contribution in [1.82, 2.24) is 0 Å². The van der Waals surface area contributed by atoms with Gasteiger partial charge in [-0.2, -0.15) is 0 Å². The van der Waals surface area contributed by atoms with Crippen molar-refractivity contribution in [3.63, 3.8) is 0 Å². The summed E-state index contributed by atoms with van der Waals surface area (Å²) in [5.74, 6) is 0.493. The second kappa shape index (κ2) is 6.42. The molecule has 0 aliphatic rings. The van der Waals surface area contributed by atoms with Crippen LogP contribution in [0.3, 0.4) is 0 Å². The average molecular weight is 280 g/mol. The molecule has 0 bridgehead atoms. The molecule has 0 unspecified atom stereocenters. The molecular formula is C11H15Cl2NO3. The Labute approximate surface area is 110 Å². The van der Waals surface area contributed by atoms with Crippen LogP contribution in [-0.4, -0.2) is 29.7 Å². The first-order valence-corrected chi connectivity index (χ1v) is 5.85. The first-order valence-electron chi connectivity index (χ1n) is 5.09. The lowest BCUT2D eigenvalue weighted by molar-refractivity contribution is -0.0594. The first-order chi connectivity index (χ1) is 7.95. The average Bonchev–Trinajstić information content (AvgIpc) is 2.29. The highest BCUT2D eigenvalue weighted by molar-refractivity contribution is 6.43.